The van der Waals surface area contributed by atoms with E-state index in [1.54, 1.807) is 0 Å². The van der Waals surface area contributed by atoms with Crippen molar-refractivity contribution in [2.45, 2.75) is 46.0 Å². The molecule has 2 aliphatic carbocycles. The van der Waals surface area contributed by atoms with Gasteiger partial charge in [0, 0.05) is 0 Å². The molecular weight excluding hydrogens is 200 g/mol. The minimum atomic E-state index is -0.231. The molecule has 3 unspecified atom stereocenters. The second-order valence-electron chi connectivity index (χ2n) is 5.45. The van der Waals surface area contributed by atoms with Crippen molar-refractivity contribution >= 4 is 5.97 Å². The number of fused-ring (bicyclic) bond motifs is 2. The van der Waals surface area contributed by atoms with Crippen LogP contribution in [0.2, 0.25) is 0 Å². The molecule has 0 radical (unpaired) electrons. The molecule has 2 aliphatic rings. The van der Waals surface area contributed by atoms with E-state index in [1.165, 1.54) is 6.42 Å². The van der Waals surface area contributed by atoms with Crippen LogP contribution in [-0.4, -0.2) is 12.6 Å². The van der Waals surface area contributed by atoms with Crippen molar-refractivity contribution in [3.05, 3.63) is 12.2 Å². The van der Waals surface area contributed by atoms with E-state index in [9.17, 15) is 4.79 Å². The first-order chi connectivity index (χ1) is 7.66. The van der Waals surface area contributed by atoms with Gasteiger partial charge in [-0.2, -0.15) is 0 Å². The van der Waals surface area contributed by atoms with Crippen molar-refractivity contribution in [2.24, 2.45) is 17.3 Å². The number of ether oxygens (including phenoxy) is 1. The van der Waals surface area contributed by atoms with Gasteiger partial charge >= 0.3 is 5.97 Å². The molecule has 0 aromatic rings. The highest BCUT2D eigenvalue weighted by Gasteiger charge is 2.50. The lowest BCUT2D eigenvalue weighted by molar-refractivity contribution is -0.156. The molecule has 2 nitrogen and oxygen atoms in total. The molecule has 0 aromatic heterocycles. The summed E-state index contributed by atoms with van der Waals surface area (Å²) in [6, 6.07) is 0. The average molecular weight is 222 g/mol. The highest BCUT2D eigenvalue weighted by Crippen LogP contribution is 2.52. The Balaban J connectivity index is 1.83. The number of unbranched alkanes of at least 4 members (excludes halogenated alkanes) is 2. The van der Waals surface area contributed by atoms with Gasteiger partial charge in [-0.1, -0.05) is 31.9 Å². The lowest BCUT2D eigenvalue weighted by atomic mass is 9.78. The standard InChI is InChI=1S/C14H22O2/c1-3-4-5-8-16-13(15)14(2)10-11-6-7-12(14)9-11/h6-7,11-12H,3-5,8-10H2,1-2H3. The largest absolute Gasteiger partial charge is 0.465 e. The Kier molecular flexibility index (Phi) is 3.36. The van der Waals surface area contributed by atoms with Gasteiger partial charge in [-0.25, -0.2) is 0 Å². The Morgan fingerprint density at radius 1 is 1.44 bits per heavy atom. The molecule has 90 valence electrons. The summed E-state index contributed by atoms with van der Waals surface area (Å²) in [5.41, 5.74) is -0.231. The van der Waals surface area contributed by atoms with Crippen molar-refractivity contribution in [3.63, 3.8) is 0 Å². The van der Waals surface area contributed by atoms with E-state index < -0.39 is 0 Å². The van der Waals surface area contributed by atoms with Gasteiger partial charge < -0.3 is 4.74 Å². The lowest BCUT2D eigenvalue weighted by Crippen LogP contribution is -2.33. The molecule has 0 spiro atoms. The van der Waals surface area contributed by atoms with Crippen LogP contribution in [0.1, 0.15) is 46.0 Å². The van der Waals surface area contributed by atoms with Gasteiger partial charge in [0.2, 0.25) is 0 Å². The first kappa shape index (κ1) is 11.7. The van der Waals surface area contributed by atoms with E-state index in [0.29, 0.717) is 18.4 Å². The predicted octanol–water partition coefficient (Wildman–Crippen LogP) is 3.32. The molecule has 3 atom stereocenters. The fraction of sp³-hybridized carbons (Fsp3) is 0.786. The monoisotopic (exact) mass is 222 g/mol. The summed E-state index contributed by atoms with van der Waals surface area (Å²) in [5.74, 6) is 1.08. The molecular formula is C14H22O2. The Labute approximate surface area is 98.1 Å². The van der Waals surface area contributed by atoms with Gasteiger partial charge in [0.25, 0.3) is 0 Å². The summed E-state index contributed by atoms with van der Waals surface area (Å²) in [5, 5.41) is 0. The van der Waals surface area contributed by atoms with E-state index in [2.05, 4.69) is 26.0 Å². The number of rotatable bonds is 5. The fourth-order valence-electron chi connectivity index (χ4n) is 3.01. The van der Waals surface area contributed by atoms with E-state index in [4.69, 9.17) is 4.74 Å². The van der Waals surface area contributed by atoms with Gasteiger partial charge in [-0.3, -0.25) is 4.79 Å². The Morgan fingerprint density at radius 2 is 2.25 bits per heavy atom. The van der Waals surface area contributed by atoms with Gasteiger partial charge in [0.1, 0.15) is 0 Å². The maximum Gasteiger partial charge on any atom is 0.312 e. The van der Waals surface area contributed by atoms with Gasteiger partial charge in [0.05, 0.1) is 12.0 Å². The number of hydrogen-bond donors (Lipinski definition) is 0. The molecule has 2 bridgehead atoms. The summed E-state index contributed by atoms with van der Waals surface area (Å²) < 4.78 is 5.41. The average Bonchev–Trinajstić information content (AvgIpc) is 2.84. The van der Waals surface area contributed by atoms with E-state index in [0.717, 1.165) is 25.7 Å². The third-order valence-electron chi connectivity index (χ3n) is 4.12. The maximum atomic E-state index is 12.1. The van der Waals surface area contributed by atoms with Crippen molar-refractivity contribution in [1.82, 2.24) is 0 Å². The summed E-state index contributed by atoms with van der Waals surface area (Å²) in [7, 11) is 0. The van der Waals surface area contributed by atoms with Crippen molar-refractivity contribution in [1.29, 1.82) is 0 Å². The van der Waals surface area contributed by atoms with Crippen LogP contribution in [0.3, 0.4) is 0 Å². The maximum absolute atomic E-state index is 12.1. The molecule has 16 heavy (non-hydrogen) atoms. The number of carbonyl (C=O) groups is 1. The number of esters is 1. The molecule has 0 amide bonds. The zero-order chi connectivity index (χ0) is 11.6. The third kappa shape index (κ3) is 2.02. The summed E-state index contributed by atoms with van der Waals surface area (Å²) in [6.07, 6.45) is 9.93. The minimum Gasteiger partial charge on any atom is -0.465 e. The molecule has 1 fully saturated rings. The zero-order valence-electron chi connectivity index (χ0n) is 10.4. The van der Waals surface area contributed by atoms with Crippen molar-refractivity contribution < 1.29 is 9.53 Å². The normalized spacial score (nSPS) is 35.6. The van der Waals surface area contributed by atoms with Crippen LogP contribution in [0.5, 0.6) is 0 Å². The highest BCUT2D eigenvalue weighted by molar-refractivity contribution is 5.78. The summed E-state index contributed by atoms with van der Waals surface area (Å²) in [6.45, 7) is 4.83. The second-order valence-corrected chi connectivity index (χ2v) is 5.45. The SMILES string of the molecule is CCCCCOC(=O)C1(C)CC2C=CC1C2. The van der Waals surface area contributed by atoms with Crippen LogP contribution < -0.4 is 0 Å². The quantitative estimate of drug-likeness (QED) is 0.405. The topological polar surface area (TPSA) is 26.3 Å². The third-order valence-corrected chi connectivity index (χ3v) is 4.12. The summed E-state index contributed by atoms with van der Waals surface area (Å²) >= 11 is 0. The lowest BCUT2D eigenvalue weighted by Gasteiger charge is -2.28. The Morgan fingerprint density at radius 3 is 2.81 bits per heavy atom. The zero-order valence-corrected chi connectivity index (χ0v) is 10.4. The minimum absolute atomic E-state index is 0.0282. The first-order valence-electron chi connectivity index (χ1n) is 6.52. The molecule has 0 aromatic carbocycles. The van der Waals surface area contributed by atoms with Crippen LogP contribution in [-0.2, 0) is 9.53 Å². The predicted molar refractivity (Wildman–Crippen MR) is 63.9 cm³/mol. The molecule has 2 heteroatoms. The molecule has 0 aliphatic heterocycles. The molecule has 2 rings (SSSR count). The fourth-order valence-corrected chi connectivity index (χ4v) is 3.01. The van der Waals surface area contributed by atoms with E-state index in [-0.39, 0.29) is 11.4 Å². The van der Waals surface area contributed by atoms with Crippen LogP contribution in [0, 0.1) is 17.3 Å². The molecule has 0 N–H and O–H groups in total. The van der Waals surface area contributed by atoms with Crippen LogP contribution in [0.25, 0.3) is 0 Å². The second kappa shape index (κ2) is 4.60. The van der Waals surface area contributed by atoms with Crippen LogP contribution in [0.4, 0.5) is 0 Å². The Bertz CT molecular complexity index is 295. The smallest absolute Gasteiger partial charge is 0.312 e. The number of allylic oxidation sites excluding steroid dienone is 2. The highest BCUT2D eigenvalue weighted by atomic mass is 16.5. The summed E-state index contributed by atoms with van der Waals surface area (Å²) in [4.78, 5) is 12.1. The van der Waals surface area contributed by atoms with Crippen molar-refractivity contribution in [3.8, 4) is 0 Å². The van der Waals surface area contributed by atoms with E-state index >= 15 is 0 Å². The number of hydrogen-bond acceptors (Lipinski definition) is 2. The Hall–Kier alpha value is -0.790. The van der Waals surface area contributed by atoms with Crippen molar-refractivity contribution in [2.75, 3.05) is 6.61 Å². The molecule has 0 heterocycles. The van der Waals surface area contributed by atoms with Gasteiger partial charge in [-0.05, 0) is 38.0 Å². The van der Waals surface area contributed by atoms with Gasteiger partial charge in [-0.15, -0.1) is 0 Å². The number of carbonyl (C=O) groups excluding carboxylic acids is 1. The van der Waals surface area contributed by atoms with E-state index in [1.807, 2.05) is 0 Å². The first-order valence-corrected chi connectivity index (χ1v) is 6.52. The van der Waals surface area contributed by atoms with Crippen LogP contribution >= 0.6 is 0 Å². The molecule has 1 saturated carbocycles. The van der Waals surface area contributed by atoms with Crippen LogP contribution in [0.15, 0.2) is 12.2 Å². The van der Waals surface area contributed by atoms with Gasteiger partial charge in [0.15, 0.2) is 0 Å². The molecule has 0 saturated heterocycles.